The molecule has 0 saturated heterocycles. The fraction of sp³-hybridized carbons (Fsp3) is 0.154. The minimum atomic E-state index is -0.537. The van der Waals surface area contributed by atoms with Gasteiger partial charge in [0.25, 0.3) is 0 Å². The van der Waals surface area contributed by atoms with E-state index in [0.717, 1.165) is 5.69 Å². The molecule has 1 heterocycles. The summed E-state index contributed by atoms with van der Waals surface area (Å²) in [5.74, 6) is 0.522. The molecule has 6 heteroatoms. The average molecular weight is 258 g/mol. The van der Waals surface area contributed by atoms with Gasteiger partial charge in [0.15, 0.2) is 0 Å². The minimum absolute atomic E-state index is 0.0723. The Morgan fingerprint density at radius 3 is 2.47 bits per heavy atom. The number of nitrogens with zero attached hydrogens (tertiary/aromatic N) is 3. The number of nitro groups is 1. The molecule has 98 valence electrons. The zero-order valence-electron chi connectivity index (χ0n) is 10.5. The van der Waals surface area contributed by atoms with E-state index in [4.69, 9.17) is 5.73 Å². The molecule has 19 heavy (non-hydrogen) atoms. The SMILES string of the molecule is CCN(c1ccccc1)c1ccc([N+](=O)[O-])c(N)n1. The summed E-state index contributed by atoms with van der Waals surface area (Å²) >= 11 is 0. The van der Waals surface area contributed by atoms with E-state index >= 15 is 0 Å². The Bertz CT molecular complexity index is 586. The Kier molecular flexibility index (Phi) is 3.61. The molecule has 1 aromatic carbocycles. The number of hydrogen-bond acceptors (Lipinski definition) is 5. The van der Waals surface area contributed by atoms with E-state index in [-0.39, 0.29) is 11.5 Å². The first-order chi connectivity index (χ1) is 9.13. The fourth-order valence-electron chi connectivity index (χ4n) is 1.85. The highest BCUT2D eigenvalue weighted by Gasteiger charge is 2.16. The van der Waals surface area contributed by atoms with Crippen molar-refractivity contribution in [3.63, 3.8) is 0 Å². The maximum atomic E-state index is 10.7. The van der Waals surface area contributed by atoms with Crippen LogP contribution in [0.25, 0.3) is 0 Å². The highest BCUT2D eigenvalue weighted by atomic mass is 16.6. The molecule has 0 saturated carbocycles. The van der Waals surface area contributed by atoms with E-state index in [0.29, 0.717) is 12.4 Å². The highest BCUT2D eigenvalue weighted by Crippen LogP contribution is 2.27. The van der Waals surface area contributed by atoms with Crippen molar-refractivity contribution in [3.8, 4) is 0 Å². The normalized spacial score (nSPS) is 10.2. The molecule has 1 aromatic heterocycles. The van der Waals surface area contributed by atoms with Gasteiger partial charge in [0.05, 0.1) is 4.92 Å². The molecule has 2 aromatic rings. The van der Waals surface area contributed by atoms with Gasteiger partial charge in [-0.3, -0.25) is 10.1 Å². The maximum Gasteiger partial charge on any atom is 0.311 e. The lowest BCUT2D eigenvalue weighted by Gasteiger charge is -2.22. The van der Waals surface area contributed by atoms with Crippen LogP contribution in [0.5, 0.6) is 0 Å². The van der Waals surface area contributed by atoms with Crippen LogP contribution in [0, 0.1) is 10.1 Å². The van der Waals surface area contributed by atoms with E-state index in [1.165, 1.54) is 6.07 Å². The number of nitrogen functional groups attached to an aromatic ring is 1. The fourth-order valence-corrected chi connectivity index (χ4v) is 1.85. The summed E-state index contributed by atoms with van der Waals surface area (Å²) in [6, 6.07) is 12.6. The lowest BCUT2D eigenvalue weighted by atomic mass is 10.2. The predicted octanol–water partition coefficient (Wildman–Crippen LogP) is 2.73. The van der Waals surface area contributed by atoms with Crippen LogP contribution in [-0.2, 0) is 0 Å². The zero-order chi connectivity index (χ0) is 13.8. The molecule has 0 atom stereocenters. The number of hydrogen-bond donors (Lipinski definition) is 1. The summed E-state index contributed by atoms with van der Waals surface area (Å²) < 4.78 is 0. The summed E-state index contributed by atoms with van der Waals surface area (Å²) in [5.41, 5.74) is 6.40. The molecule has 0 unspecified atom stereocenters. The van der Waals surface area contributed by atoms with Crippen LogP contribution in [0.15, 0.2) is 42.5 Å². The number of benzene rings is 1. The van der Waals surface area contributed by atoms with Crippen molar-refractivity contribution in [1.82, 2.24) is 4.98 Å². The van der Waals surface area contributed by atoms with Crippen LogP contribution in [-0.4, -0.2) is 16.5 Å². The van der Waals surface area contributed by atoms with E-state index < -0.39 is 4.92 Å². The Hall–Kier alpha value is -2.63. The van der Waals surface area contributed by atoms with Crippen molar-refractivity contribution in [3.05, 3.63) is 52.6 Å². The number of aromatic nitrogens is 1. The third-order valence-electron chi connectivity index (χ3n) is 2.75. The number of nitrogens with two attached hydrogens (primary N) is 1. The van der Waals surface area contributed by atoms with Gasteiger partial charge in [0.2, 0.25) is 5.82 Å². The van der Waals surface area contributed by atoms with Gasteiger partial charge >= 0.3 is 5.69 Å². The van der Waals surface area contributed by atoms with Crippen LogP contribution in [0.1, 0.15) is 6.92 Å². The van der Waals surface area contributed by atoms with Crippen molar-refractivity contribution in [2.45, 2.75) is 6.92 Å². The number of rotatable bonds is 4. The third-order valence-corrected chi connectivity index (χ3v) is 2.75. The molecule has 6 nitrogen and oxygen atoms in total. The van der Waals surface area contributed by atoms with E-state index in [1.54, 1.807) is 6.07 Å². The minimum Gasteiger partial charge on any atom is -0.378 e. The Morgan fingerprint density at radius 1 is 1.26 bits per heavy atom. The first-order valence-corrected chi connectivity index (χ1v) is 5.87. The van der Waals surface area contributed by atoms with Gasteiger partial charge in [-0.1, -0.05) is 18.2 Å². The van der Waals surface area contributed by atoms with E-state index in [9.17, 15) is 10.1 Å². The Labute approximate surface area is 110 Å². The van der Waals surface area contributed by atoms with E-state index in [1.807, 2.05) is 42.2 Å². The molecule has 0 aliphatic rings. The van der Waals surface area contributed by atoms with E-state index in [2.05, 4.69) is 4.98 Å². The first-order valence-electron chi connectivity index (χ1n) is 5.87. The maximum absolute atomic E-state index is 10.7. The van der Waals surface area contributed by atoms with Gasteiger partial charge in [0, 0.05) is 18.3 Å². The smallest absolute Gasteiger partial charge is 0.311 e. The topological polar surface area (TPSA) is 85.3 Å². The molecule has 0 radical (unpaired) electrons. The van der Waals surface area contributed by atoms with Crippen molar-refractivity contribution in [1.29, 1.82) is 0 Å². The second-order valence-corrected chi connectivity index (χ2v) is 3.91. The third kappa shape index (κ3) is 2.62. The lowest BCUT2D eigenvalue weighted by molar-refractivity contribution is -0.384. The van der Waals surface area contributed by atoms with Crippen LogP contribution in [0.3, 0.4) is 0 Å². The van der Waals surface area contributed by atoms with Gasteiger partial charge < -0.3 is 10.6 Å². The number of anilines is 3. The zero-order valence-corrected chi connectivity index (χ0v) is 10.5. The summed E-state index contributed by atoms with van der Waals surface area (Å²) in [7, 11) is 0. The molecule has 2 rings (SSSR count). The predicted molar refractivity (Wildman–Crippen MR) is 74.4 cm³/mol. The van der Waals surface area contributed by atoms with Crippen molar-refractivity contribution >= 4 is 23.0 Å². The second-order valence-electron chi connectivity index (χ2n) is 3.91. The highest BCUT2D eigenvalue weighted by molar-refractivity contribution is 5.64. The Balaban J connectivity index is 2.40. The monoisotopic (exact) mass is 258 g/mol. The molecule has 0 spiro atoms. The van der Waals surface area contributed by atoms with Crippen LogP contribution in [0.4, 0.5) is 23.0 Å². The summed E-state index contributed by atoms with van der Waals surface area (Å²) in [4.78, 5) is 16.2. The van der Waals surface area contributed by atoms with Crippen LogP contribution in [0.2, 0.25) is 0 Å². The molecule has 0 fully saturated rings. The molecular formula is C13H14N4O2. The Morgan fingerprint density at radius 2 is 1.95 bits per heavy atom. The van der Waals surface area contributed by atoms with Gasteiger partial charge in [-0.05, 0) is 25.1 Å². The lowest BCUT2D eigenvalue weighted by Crippen LogP contribution is -2.17. The molecule has 2 N–H and O–H groups in total. The van der Waals surface area contributed by atoms with Crippen LogP contribution >= 0.6 is 0 Å². The molecule has 0 aliphatic carbocycles. The molecular weight excluding hydrogens is 244 g/mol. The summed E-state index contributed by atoms with van der Waals surface area (Å²) in [5, 5.41) is 10.7. The number of para-hydroxylation sites is 1. The summed E-state index contributed by atoms with van der Waals surface area (Å²) in [6.45, 7) is 2.67. The van der Waals surface area contributed by atoms with Crippen molar-refractivity contribution in [2.24, 2.45) is 0 Å². The van der Waals surface area contributed by atoms with Gasteiger partial charge in [0.1, 0.15) is 5.82 Å². The first kappa shape index (κ1) is 12.8. The standard InChI is InChI=1S/C13H14N4O2/c1-2-16(10-6-4-3-5-7-10)12-9-8-11(17(18)19)13(14)15-12/h3-9H,2H2,1H3,(H2,14,15). The number of pyridine rings is 1. The van der Waals surface area contributed by atoms with Crippen molar-refractivity contribution in [2.75, 3.05) is 17.2 Å². The summed E-state index contributed by atoms with van der Waals surface area (Å²) in [6.07, 6.45) is 0. The van der Waals surface area contributed by atoms with Crippen molar-refractivity contribution < 1.29 is 4.92 Å². The molecule has 0 amide bonds. The van der Waals surface area contributed by atoms with Gasteiger partial charge in [-0.2, -0.15) is 0 Å². The largest absolute Gasteiger partial charge is 0.378 e. The van der Waals surface area contributed by atoms with Crippen LogP contribution < -0.4 is 10.6 Å². The quantitative estimate of drug-likeness (QED) is 0.673. The van der Waals surface area contributed by atoms with Gasteiger partial charge in [-0.25, -0.2) is 4.98 Å². The average Bonchev–Trinajstić information content (AvgIpc) is 2.40. The molecule has 0 bridgehead atoms. The van der Waals surface area contributed by atoms with Gasteiger partial charge in [-0.15, -0.1) is 0 Å². The second kappa shape index (κ2) is 5.34. The molecule has 0 aliphatic heterocycles.